The van der Waals surface area contributed by atoms with E-state index in [0.717, 1.165) is 48.1 Å². The molecule has 0 bridgehead atoms. The fraction of sp³-hybridized carbons (Fsp3) is 0.278. The van der Waals surface area contributed by atoms with Crippen LogP contribution in [0.15, 0.2) is 42.5 Å². The van der Waals surface area contributed by atoms with Crippen molar-refractivity contribution in [2.45, 2.75) is 6.92 Å². The van der Waals surface area contributed by atoms with Crippen LogP contribution in [0, 0.1) is 6.92 Å². The molecule has 4 nitrogen and oxygen atoms in total. The number of phenols is 1. The summed E-state index contributed by atoms with van der Waals surface area (Å²) in [5.41, 5.74) is 2.81. The van der Waals surface area contributed by atoms with Gasteiger partial charge in [-0.1, -0.05) is 29.8 Å². The summed E-state index contributed by atoms with van der Waals surface area (Å²) >= 11 is 11.7. The Balaban J connectivity index is 1.61. The maximum absolute atomic E-state index is 9.98. The average Bonchev–Trinajstić information content (AvgIpc) is 2.59. The first-order valence-electron chi connectivity index (χ1n) is 7.90. The second kappa shape index (κ2) is 7.28. The largest absolute Gasteiger partial charge is 0.506 e. The smallest absolute Gasteiger partial charge is 0.173 e. The molecule has 24 heavy (non-hydrogen) atoms. The van der Waals surface area contributed by atoms with Crippen LogP contribution in [0.5, 0.6) is 5.75 Å². The Morgan fingerprint density at radius 3 is 2.50 bits per heavy atom. The fourth-order valence-electron chi connectivity index (χ4n) is 2.82. The molecule has 2 aromatic carbocycles. The minimum atomic E-state index is 0.321. The van der Waals surface area contributed by atoms with Crippen molar-refractivity contribution >= 4 is 40.3 Å². The number of piperazine rings is 1. The molecular formula is C18H20ClN3OS. The minimum Gasteiger partial charge on any atom is -0.506 e. The Morgan fingerprint density at radius 2 is 1.79 bits per heavy atom. The number of nitrogens with one attached hydrogen (secondary N) is 1. The predicted molar refractivity (Wildman–Crippen MR) is 104 cm³/mol. The second-order valence-corrected chi connectivity index (χ2v) is 6.60. The highest BCUT2D eigenvalue weighted by Gasteiger charge is 2.21. The number of anilines is 2. The quantitative estimate of drug-likeness (QED) is 0.794. The van der Waals surface area contributed by atoms with Gasteiger partial charge in [-0.15, -0.1) is 0 Å². The summed E-state index contributed by atoms with van der Waals surface area (Å²) < 4.78 is 0. The van der Waals surface area contributed by atoms with Gasteiger partial charge in [-0.3, -0.25) is 0 Å². The first-order valence-corrected chi connectivity index (χ1v) is 8.69. The van der Waals surface area contributed by atoms with E-state index in [9.17, 15) is 5.11 Å². The van der Waals surface area contributed by atoms with Crippen molar-refractivity contribution in [3.63, 3.8) is 0 Å². The molecule has 0 saturated carbocycles. The van der Waals surface area contributed by atoms with Crippen molar-refractivity contribution in [1.82, 2.24) is 4.90 Å². The van der Waals surface area contributed by atoms with Crippen molar-refractivity contribution in [2.24, 2.45) is 0 Å². The van der Waals surface area contributed by atoms with Gasteiger partial charge in [0.15, 0.2) is 5.11 Å². The molecule has 1 aliphatic rings. The third kappa shape index (κ3) is 3.57. The second-order valence-electron chi connectivity index (χ2n) is 5.81. The first-order chi connectivity index (χ1) is 11.6. The molecule has 0 amide bonds. The maximum atomic E-state index is 9.98. The summed E-state index contributed by atoms with van der Waals surface area (Å²) in [5, 5.41) is 14.7. The van der Waals surface area contributed by atoms with Crippen LogP contribution in [0.3, 0.4) is 0 Å². The molecule has 0 spiro atoms. The summed E-state index contributed by atoms with van der Waals surface area (Å²) in [4.78, 5) is 4.32. The van der Waals surface area contributed by atoms with Crippen LogP contribution in [0.1, 0.15) is 5.56 Å². The van der Waals surface area contributed by atoms with Crippen LogP contribution in [-0.2, 0) is 0 Å². The van der Waals surface area contributed by atoms with Gasteiger partial charge < -0.3 is 20.2 Å². The molecule has 1 aliphatic heterocycles. The average molecular weight is 362 g/mol. The third-order valence-corrected chi connectivity index (χ3v) is 5.07. The van der Waals surface area contributed by atoms with Crippen LogP contribution in [-0.4, -0.2) is 41.3 Å². The number of para-hydroxylation sites is 2. The maximum Gasteiger partial charge on any atom is 0.173 e. The van der Waals surface area contributed by atoms with Gasteiger partial charge >= 0.3 is 0 Å². The number of benzene rings is 2. The molecular weight excluding hydrogens is 342 g/mol. The highest BCUT2D eigenvalue weighted by Crippen LogP contribution is 2.27. The number of hydrogen-bond donors (Lipinski definition) is 2. The molecule has 0 aromatic heterocycles. The van der Waals surface area contributed by atoms with Crippen LogP contribution in [0.25, 0.3) is 0 Å². The zero-order chi connectivity index (χ0) is 17.1. The van der Waals surface area contributed by atoms with Crippen molar-refractivity contribution in [2.75, 3.05) is 36.4 Å². The number of rotatable bonds is 2. The lowest BCUT2D eigenvalue weighted by molar-refractivity contribution is 0.387. The molecule has 0 radical (unpaired) electrons. The van der Waals surface area contributed by atoms with E-state index >= 15 is 0 Å². The van der Waals surface area contributed by atoms with E-state index < -0.39 is 0 Å². The van der Waals surface area contributed by atoms with Gasteiger partial charge in [0, 0.05) is 36.9 Å². The lowest BCUT2D eigenvalue weighted by Crippen LogP contribution is -2.50. The van der Waals surface area contributed by atoms with Gasteiger partial charge in [0.25, 0.3) is 0 Å². The monoisotopic (exact) mass is 361 g/mol. The normalized spacial score (nSPS) is 14.6. The lowest BCUT2D eigenvalue weighted by Gasteiger charge is -2.37. The summed E-state index contributed by atoms with van der Waals surface area (Å²) in [5.74, 6) is 0.321. The standard InChI is InChI=1S/C18H20ClN3OS/c1-13-14(19)5-4-6-15(13)20-18(24)22-11-9-21(10-12-22)16-7-2-3-8-17(16)23/h2-8,23H,9-12H2,1H3,(H,20,24). The Kier molecular flexibility index (Phi) is 5.11. The van der Waals surface area contributed by atoms with Crippen molar-refractivity contribution < 1.29 is 5.11 Å². The molecule has 0 aliphatic carbocycles. The summed E-state index contributed by atoms with van der Waals surface area (Å²) in [6.45, 7) is 5.21. The summed E-state index contributed by atoms with van der Waals surface area (Å²) in [6.07, 6.45) is 0. The van der Waals surface area contributed by atoms with Crippen molar-refractivity contribution in [3.05, 3.63) is 53.1 Å². The van der Waals surface area contributed by atoms with Crippen LogP contribution < -0.4 is 10.2 Å². The molecule has 2 N–H and O–H groups in total. The van der Waals surface area contributed by atoms with E-state index in [-0.39, 0.29) is 0 Å². The van der Waals surface area contributed by atoms with E-state index in [4.69, 9.17) is 23.8 Å². The SMILES string of the molecule is Cc1c(Cl)cccc1NC(=S)N1CCN(c2ccccc2O)CC1. The molecule has 2 aromatic rings. The Hall–Kier alpha value is -1.98. The van der Waals surface area contributed by atoms with Gasteiger partial charge in [-0.25, -0.2) is 0 Å². The van der Waals surface area contributed by atoms with Crippen LogP contribution in [0.2, 0.25) is 5.02 Å². The molecule has 1 heterocycles. The summed E-state index contributed by atoms with van der Waals surface area (Å²) in [6, 6.07) is 13.2. The van der Waals surface area contributed by atoms with E-state index in [1.54, 1.807) is 6.07 Å². The van der Waals surface area contributed by atoms with E-state index in [0.29, 0.717) is 10.9 Å². The minimum absolute atomic E-state index is 0.321. The van der Waals surface area contributed by atoms with Gasteiger partial charge in [0.2, 0.25) is 0 Å². The van der Waals surface area contributed by atoms with Gasteiger partial charge in [0.05, 0.1) is 5.69 Å². The topological polar surface area (TPSA) is 38.7 Å². The molecule has 0 unspecified atom stereocenters. The zero-order valence-electron chi connectivity index (χ0n) is 13.5. The number of nitrogens with zero attached hydrogens (tertiary/aromatic N) is 2. The highest BCUT2D eigenvalue weighted by atomic mass is 35.5. The Morgan fingerprint density at radius 1 is 1.08 bits per heavy atom. The zero-order valence-corrected chi connectivity index (χ0v) is 15.1. The van der Waals surface area contributed by atoms with Gasteiger partial charge in [-0.2, -0.15) is 0 Å². The molecule has 1 fully saturated rings. The molecule has 0 atom stereocenters. The van der Waals surface area contributed by atoms with Gasteiger partial charge in [0.1, 0.15) is 5.75 Å². The van der Waals surface area contributed by atoms with E-state index in [1.165, 1.54) is 0 Å². The third-order valence-electron chi connectivity index (χ3n) is 4.30. The van der Waals surface area contributed by atoms with Crippen molar-refractivity contribution in [3.8, 4) is 5.75 Å². The predicted octanol–water partition coefficient (Wildman–Crippen LogP) is 3.87. The molecule has 1 saturated heterocycles. The number of phenolic OH excluding ortho intramolecular Hbond substituents is 1. The fourth-order valence-corrected chi connectivity index (χ4v) is 3.29. The number of thiocarbonyl (C=S) groups is 1. The highest BCUT2D eigenvalue weighted by molar-refractivity contribution is 7.80. The van der Waals surface area contributed by atoms with E-state index in [2.05, 4.69) is 15.1 Å². The summed E-state index contributed by atoms with van der Waals surface area (Å²) in [7, 11) is 0. The molecule has 3 rings (SSSR count). The number of aromatic hydroxyl groups is 1. The van der Waals surface area contributed by atoms with E-state index in [1.807, 2.05) is 43.3 Å². The van der Waals surface area contributed by atoms with Crippen molar-refractivity contribution in [1.29, 1.82) is 0 Å². The Labute approximate surface area is 152 Å². The first kappa shape index (κ1) is 16.9. The molecule has 126 valence electrons. The number of halogens is 1. The lowest BCUT2D eigenvalue weighted by atomic mass is 10.2. The van der Waals surface area contributed by atoms with Crippen LogP contribution >= 0.6 is 23.8 Å². The van der Waals surface area contributed by atoms with Gasteiger partial charge in [-0.05, 0) is 49.0 Å². The molecule has 6 heteroatoms. The Bertz CT molecular complexity index is 745. The number of hydrogen-bond acceptors (Lipinski definition) is 3. The van der Waals surface area contributed by atoms with Crippen LogP contribution in [0.4, 0.5) is 11.4 Å².